The smallest absolute Gasteiger partial charge is 0.272 e. The van der Waals surface area contributed by atoms with Crippen LogP contribution in [0.2, 0.25) is 0 Å². The summed E-state index contributed by atoms with van der Waals surface area (Å²) in [6.45, 7) is 11.3. The molecule has 6 fully saturated rings. The maximum Gasteiger partial charge on any atom is 0.272 e. The predicted molar refractivity (Wildman–Crippen MR) is 278 cm³/mol. The van der Waals surface area contributed by atoms with Crippen LogP contribution in [-0.2, 0) is 20.8 Å². The average Bonchev–Trinajstić information content (AvgIpc) is 4.27. The number of piperazine rings is 2. The first-order chi connectivity index (χ1) is 35.4. The van der Waals surface area contributed by atoms with Gasteiger partial charge in [0.1, 0.15) is 5.82 Å². The fraction of sp³-hybridized carbons (Fsp3) is 0.561. The van der Waals surface area contributed by atoms with Crippen LogP contribution in [0.5, 0.6) is 0 Å². The van der Waals surface area contributed by atoms with Gasteiger partial charge in [-0.1, -0.05) is 55.7 Å². The number of nitrogens with one attached hydrogen (secondary N) is 1. The SMILES string of the molecule is CC1CN(CC2CCN(CC(=O)N3CCN(C(=O)c4cc(Cc5n[nH]c(=O)c6ccccc56)ccc4F)CC3)CC2)CCN1C(=O)CC1CCCCC1.NC(=O)c1cccc(C2CCCN(C(=O)C3CC3)C2)c1. The molecule has 2 saturated carbocycles. The van der Waals surface area contributed by atoms with Gasteiger partial charge in [-0.25, -0.2) is 9.49 Å². The zero-order valence-electron chi connectivity index (χ0n) is 42.7. The van der Waals surface area contributed by atoms with Crippen molar-refractivity contribution in [2.75, 3.05) is 85.1 Å². The molecule has 0 radical (unpaired) electrons. The van der Waals surface area contributed by atoms with Crippen LogP contribution >= 0.6 is 0 Å². The third-order valence-corrected chi connectivity index (χ3v) is 16.4. The Hall–Kier alpha value is -6.00. The van der Waals surface area contributed by atoms with Crippen LogP contribution in [0.15, 0.2) is 71.5 Å². The van der Waals surface area contributed by atoms with E-state index in [1.54, 1.807) is 35.2 Å². The Balaban J connectivity index is 0.000000273. The molecule has 73 heavy (non-hydrogen) atoms. The van der Waals surface area contributed by atoms with E-state index in [1.165, 1.54) is 38.2 Å². The summed E-state index contributed by atoms with van der Waals surface area (Å²) < 4.78 is 15.0. The van der Waals surface area contributed by atoms with E-state index in [-0.39, 0.29) is 34.9 Å². The van der Waals surface area contributed by atoms with E-state index in [1.807, 2.05) is 40.1 Å². The van der Waals surface area contributed by atoms with E-state index < -0.39 is 11.7 Å². The Bertz CT molecular complexity index is 2670. The Morgan fingerprint density at radius 2 is 1.42 bits per heavy atom. The Morgan fingerprint density at radius 1 is 0.685 bits per heavy atom. The summed E-state index contributed by atoms with van der Waals surface area (Å²) in [6.07, 6.45) is 13.7. The minimum Gasteiger partial charge on any atom is -0.366 e. The molecule has 2 aliphatic carbocycles. The standard InChI is InChI=1S/C41H54FN7O4.C16H20N2O2/c1-29-26-46(17-22-49(29)38(50)25-30-7-3-2-4-8-30)27-31-13-15-45(16-14-31)28-39(51)47-18-20-48(21-19-47)41(53)35-23-32(11-12-36(35)42)24-37-33-9-5-6-10-34(33)40(52)44-43-37;17-15(19)13-4-1-3-12(9-13)14-5-2-8-18(10-14)16(20)11-6-7-11/h5-6,9-12,23,29-31H,2-4,7-8,13-22,24-28H2,1H3,(H,44,52);1,3-4,9,11,14H,2,5-8,10H2,(H2,17,19). The lowest BCUT2D eigenvalue weighted by atomic mass is 9.86. The number of nitrogens with zero attached hydrogens (tertiary/aromatic N) is 7. The van der Waals surface area contributed by atoms with Crippen LogP contribution < -0.4 is 11.3 Å². The minimum atomic E-state index is -0.586. The molecule has 16 heteroatoms. The molecule has 4 aromatic rings. The molecule has 5 amide bonds. The lowest BCUT2D eigenvalue weighted by Gasteiger charge is -2.43. The van der Waals surface area contributed by atoms with Crippen LogP contribution in [-0.4, -0.2) is 160 Å². The third kappa shape index (κ3) is 13.2. The zero-order valence-corrected chi connectivity index (χ0v) is 42.7. The van der Waals surface area contributed by atoms with Gasteiger partial charge in [0.05, 0.1) is 23.2 Å². The van der Waals surface area contributed by atoms with Crippen LogP contribution in [0.3, 0.4) is 0 Å². The zero-order chi connectivity index (χ0) is 51.0. The molecule has 4 saturated heterocycles. The van der Waals surface area contributed by atoms with E-state index in [0.29, 0.717) is 90.9 Å². The van der Waals surface area contributed by atoms with Crippen LogP contribution in [0.1, 0.15) is 127 Å². The number of likely N-dealkylation sites (tertiary alicyclic amines) is 2. The van der Waals surface area contributed by atoms with E-state index in [9.17, 15) is 33.2 Å². The highest BCUT2D eigenvalue weighted by Crippen LogP contribution is 2.35. The topological polar surface area (TPSA) is 177 Å². The van der Waals surface area contributed by atoms with Gasteiger partial charge in [0.15, 0.2) is 0 Å². The Morgan fingerprint density at radius 3 is 2.15 bits per heavy atom. The van der Waals surface area contributed by atoms with Gasteiger partial charge in [0.2, 0.25) is 23.6 Å². The summed E-state index contributed by atoms with van der Waals surface area (Å²) in [5.74, 6) is 1.16. The van der Waals surface area contributed by atoms with Crippen molar-refractivity contribution in [3.8, 4) is 0 Å². The third-order valence-electron chi connectivity index (χ3n) is 16.4. The lowest BCUT2D eigenvalue weighted by molar-refractivity contribution is -0.137. The Kier molecular flexibility index (Phi) is 17.0. The van der Waals surface area contributed by atoms with Crippen LogP contribution in [0, 0.1) is 23.6 Å². The summed E-state index contributed by atoms with van der Waals surface area (Å²) >= 11 is 0. The summed E-state index contributed by atoms with van der Waals surface area (Å²) in [5.41, 5.74) is 8.08. The second-order valence-electron chi connectivity index (χ2n) is 21.7. The molecule has 0 spiro atoms. The van der Waals surface area contributed by atoms with Gasteiger partial charge < -0.3 is 25.3 Å². The highest BCUT2D eigenvalue weighted by Gasteiger charge is 2.36. The van der Waals surface area contributed by atoms with Crippen molar-refractivity contribution in [1.29, 1.82) is 0 Å². The van der Waals surface area contributed by atoms with E-state index in [4.69, 9.17) is 5.73 Å². The first kappa shape index (κ1) is 51.9. The number of rotatable bonds is 12. The molecule has 2 atom stereocenters. The number of hydrogen-bond acceptors (Lipinski definition) is 9. The number of halogens is 1. The monoisotopic (exact) mass is 1000 g/mol. The molecule has 3 N–H and O–H groups in total. The van der Waals surface area contributed by atoms with Crippen LogP contribution in [0.4, 0.5) is 4.39 Å². The predicted octanol–water partition coefficient (Wildman–Crippen LogP) is 6.05. The number of carbonyl (C=O) groups excluding carboxylic acids is 5. The van der Waals surface area contributed by atoms with Crippen molar-refractivity contribution in [2.45, 2.75) is 102 Å². The van der Waals surface area contributed by atoms with E-state index in [2.05, 4.69) is 31.8 Å². The molecule has 3 aromatic carbocycles. The van der Waals surface area contributed by atoms with Crippen molar-refractivity contribution < 1.29 is 28.4 Å². The summed E-state index contributed by atoms with van der Waals surface area (Å²) in [4.78, 5) is 87.8. The number of hydrogen-bond donors (Lipinski definition) is 2. The highest BCUT2D eigenvalue weighted by molar-refractivity contribution is 5.95. The number of H-pyrrole nitrogens is 1. The summed E-state index contributed by atoms with van der Waals surface area (Å²) in [7, 11) is 0. The molecule has 15 nitrogen and oxygen atoms in total. The number of fused-ring (bicyclic) bond motifs is 1. The molecule has 390 valence electrons. The van der Waals surface area contributed by atoms with Gasteiger partial charge in [0, 0.05) is 107 Å². The first-order valence-electron chi connectivity index (χ1n) is 27.1. The summed E-state index contributed by atoms with van der Waals surface area (Å²) in [5, 5.41) is 8.01. The second kappa shape index (κ2) is 23.9. The maximum atomic E-state index is 15.0. The number of aromatic nitrogens is 2. The van der Waals surface area contributed by atoms with Gasteiger partial charge >= 0.3 is 0 Å². The van der Waals surface area contributed by atoms with E-state index >= 15 is 0 Å². The maximum absolute atomic E-state index is 15.0. The molecule has 5 heterocycles. The quantitative estimate of drug-likeness (QED) is 0.171. The molecular weight excluding hydrogens is 926 g/mol. The van der Waals surface area contributed by atoms with Gasteiger partial charge in [-0.05, 0) is 125 Å². The second-order valence-corrected chi connectivity index (χ2v) is 21.7. The molecule has 4 aliphatic heterocycles. The van der Waals surface area contributed by atoms with Crippen molar-refractivity contribution in [3.63, 3.8) is 0 Å². The van der Waals surface area contributed by atoms with Gasteiger partial charge in [-0.3, -0.25) is 38.6 Å². The van der Waals surface area contributed by atoms with Gasteiger partial charge in [-0.2, -0.15) is 5.10 Å². The molecule has 6 aliphatic rings. The van der Waals surface area contributed by atoms with Gasteiger partial charge in [0.25, 0.3) is 11.5 Å². The largest absolute Gasteiger partial charge is 0.366 e. The van der Waals surface area contributed by atoms with Crippen molar-refractivity contribution in [1.82, 2.24) is 39.6 Å². The number of amides is 5. The molecular formula is C57H74FN9O6. The number of aromatic amines is 1. The lowest BCUT2D eigenvalue weighted by Crippen LogP contribution is -2.55. The number of piperidine rings is 2. The normalized spacial score (nSPS) is 21.7. The number of primary amides is 1. The number of nitrogens with two attached hydrogens (primary N) is 1. The van der Waals surface area contributed by atoms with E-state index in [0.717, 1.165) is 108 Å². The summed E-state index contributed by atoms with van der Waals surface area (Å²) in [6, 6.07) is 19.5. The van der Waals surface area contributed by atoms with Crippen molar-refractivity contribution >= 4 is 40.3 Å². The molecule has 2 unspecified atom stereocenters. The molecule has 1 aromatic heterocycles. The fourth-order valence-corrected chi connectivity index (χ4v) is 12.0. The highest BCUT2D eigenvalue weighted by atomic mass is 19.1. The fourth-order valence-electron chi connectivity index (χ4n) is 12.0. The van der Waals surface area contributed by atoms with Gasteiger partial charge in [-0.15, -0.1) is 0 Å². The number of benzene rings is 3. The number of carbonyl (C=O) groups is 5. The molecule has 0 bridgehead atoms. The Labute approximate surface area is 428 Å². The minimum absolute atomic E-state index is 0.00152. The average molecular weight is 1000 g/mol. The molecule has 10 rings (SSSR count). The first-order valence-corrected chi connectivity index (χ1v) is 27.1. The van der Waals surface area contributed by atoms with Crippen LogP contribution in [0.25, 0.3) is 10.8 Å². The van der Waals surface area contributed by atoms with Crippen molar-refractivity contribution in [3.05, 3.63) is 111 Å². The van der Waals surface area contributed by atoms with Crippen molar-refractivity contribution in [2.24, 2.45) is 23.5 Å².